The predicted octanol–water partition coefficient (Wildman–Crippen LogP) is 1.97. The normalized spacial score (nSPS) is 16.3. The Morgan fingerprint density at radius 1 is 1.40 bits per heavy atom. The molecule has 15 heavy (non-hydrogen) atoms. The number of rotatable bonds is 3. The second kappa shape index (κ2) is 5.39. The smallest absolute Gasteiger partial charge is 0.150 e. The Kier molecular flexibility index (Phi) is 5.14. The molecular formula is C10H14ClF2NO. The van der Waals surface area contributed by atoms with Crippen LogP contribution in [0.4, 0.5) is 8.78 Å². The summed E-state index contributed by atoms with van der Waals surface area (Å²) in [6.07, 6.45) is -1.33. The van der Waals surface area contributed by atoms with Crippen LogP contribution in [0.5, 0.6) is 0 Å². The number of hydrogen-bond donors (Lipinski definition) is 2. The van der Waals surface area contributed by atoms with Gasteiger partial charge in [-0.15, -0.1) is 12.4 Å². The second-order valence-electron chi connectivity index (χ2n) is 3.44. The summed E-state index contributed by atoms with van der Waals surface area (Å²) in [5.41, 5.74) is 3.60. The van der Waals surface area contributed by atoms with Gasteiger partial charge in [-0.1, -0.05) is 12.1 Å². The summed E-state index contributed by atoms with van der Waals surface area (Å²) in [4.78, 5) is 0. The molecule has 1 aromatic carbocycles. The van der Waals surface area contributed by atoms with E-state index in [-0.39, 0.29) is 19.0 Å². The number of aliphatic hydroxyl groups excluding tert-OH is 1. The monoisotopic (exact) mass is 237 g/mol. The van der Waals surface area contributed by atoms with Gasteiger partial charge >= 0.3 is 0 Å². The van der Waals surface area contributed by atoms with Crippen LogP contribution in [0, 0.1) is 5.82 Å². The highest BCUT2D eigenvalue weighted by atomic mass is 35.5. The van der Waals surface area contributed by atoms with Crippen LogP contribution in [0.1, 0.15) is 18.6 Å². The fourth-order valence-corrected chi connectivity index (χ4v) is 1.10. The Labute approximate surface area is 93.5 Å². The number of benzene rings is 1. The molecule has 0 aliphatic rings. The first-order valence-corrected chi connectivity index (χ1v) is 4.30. The average Bonchev–Trinajstić information content (AvgIpc) is 2.18. The molecule has 1 aromatic rings. The summed E-state index contributed by atoms with van der Waals surface area (Å²) >= 11 is 0. The third-order valence-electron chi connectivity index (χ3n) is 2.16. The lowest BCUT2D eigenvalue weighted by atomic mass is 9.95. The molecule has 2 nitrogen and oxygen atoms in total. The van der Waals surface area contributed by atoms with Crippen LogP contribution in [-0.4, -0.2) is 17.3 Å². The third kappa shape index (κ3) is 3.41. The number of alkyl halides is 1. The fourth-order valence-electron chi connectivity index (χ4n) is 1.10. The van der Waals surface area contributed by atoms with Crippen molar-refractivity contribution in [3.05, 3.63) is 35.6 Å². The Hall–Kier alpha value is -0.710. The summed E-state index contributed by atoms with van der Waals surface area (Å²) in [6.45, 7) is 0.923. The highest BCUT2D eigenvalue weighted by Gasteiger charge is 2.32. The minimum atomic E-state index is -1.89. The van der Waals surface area contributed by atoms with Crippen LogP contribution in [-0.2, 0) is 0 Å². The van der Waals surface area contributed by atoms with E-state index in [1.54, 1.807) is 0 Å². The number of nitrogens with two attached hydrogens (primary N) is 1. The highest BCUT2D eigenvalue weighted by molar-refractivity contribution is 5.85. The summed E-state index contributed by atoms with van der Waals surface area (Å²) in [5, 5.41) is 9.56. The molecule has 0 heterocycles. The minimum absolute atomic E-state index is 0. The first-order chi connectivity index (χ1) is 6.47. The third-order valence-corrected chi connectivity index (χ3v) is 2.16. The van der Waals surface area contributed by atoms with Crippen LogP contribution in [0.2, 0.25) is 0 Å². The number of halogens is 3. The van der Waals surface area contributed by atoms with E-state index in [9.17, 15) is 13.9 Å². The standard InChI is InChI=1S/C10H13F2NO.ClH/c1-10(12,6-13)9(14)7-2-4-8(11)5-3-7;/h2-5,9,14H,6,13H2,1H3;1H/t9-,10-;/m1./s1. The van der Waals surface area contributed by atoms with E-state index >= 15 is 0 Å². The van der Waals surface area contributed by atoms with E-state index in [0.717, 1.165) is 0 Å². The molecule has 0 saturated heterocycles. The zero-order valence-corrected chi connectivity index (χ0v) is 9.10. The SMILES string of the molecule is C[C@@](F)(CN)[C@H](O)c1ccc(F)cc1.Cl. The molecule has 0 radical (unpaired) electrons. The van der Waals surface area contributed by atoms with Gasteiger partial charge < -0.3 is 10.8 Å². The molecule has 86 valence electrons. The van der Waals surface area contributed by atoms with Gasteiger partial charge in [-0.3, -0.25) is 0 Å². The molecular weight excluding hydrogens is 224 g/mol. The summed E-state index contributed by atoms with van der Waals surface area (Å²) in [6, 6.07) is 5.03. The van der Waals surface area contributed by atoms with E-state index in [0.29, 0.717) is 5.56 Å². The molecule has 3 N–H and O–H groups in total. The van der Waals surface area contributed by atoms with Gasteiger partial charge in [-0.25, -0.2) is 8.78 Å². The van der Waals surface area contributed by atoms with Gasteiger partial charge in [0, 0.05) is 6.54 Å². The molecule has 0 amide bonds. The number of aliphatic hydroxyl groups is 1. The Morgan fingerprint density at radius 3 is 2.27 bits per heavy atom. The molecule has 0 fully saturated rings. The minimum Gasteiger partial charge on any atom is -0.385 e. The van der Waals surface area contributed by atoms with Crippen LogP contribution in [0.3, 0.4) is 0 Å². The van der Waals surface area contributed by atoms with Gasteiger partial charge in [0.05, 0.1) is 0 Å². The van der Waals surface area contributed by atoms with Crippen molar-refractivity contribution in [1.82, 2.24) is 0 Å². The van der Waals surface area contributed by atoms with Gasteiger partial charge in [-0.2, -0.15) is 0 Å². The van der Waals surface area contributed by atoms with Crippen molar-refractivity contribution in [2.45, 2.75) is 18.7 Å². The van der Waals surface area contributed by atoms with Crippen molar-refractivity contribution >= 4 is 12.4 Å². The molecule has 0 aromatic heterocycles. The van der Waals surface area contributed by atoms with Crippen LogP contribution in [0.15, 0.2) is 24.3 Å². The van der Waals surface area contributed by atoms with E-state index in [4.69, 9.17) is 5.73 Å². The quantitative estimate of drug-likeness (QED) is 0.844. The van der Waals surface area contributed by atoms with Crippen LogP contribution in [0.25, 0.3) is 0 Å². The Bertz CT molecular complexity index is 303. The highest BCUT2D eigenvalue weighted by Crippen LogP contribution is 2.28. The molecule has 0 spiro atoms. The Balaban J connectivity index is 0.00000196. The lowest BCUT2D eigenvalue weighted by molar-refractivity contribution is 0.00899. The van der Waals surface area contributed by atoms with Crippen molar-refractivity contribution in [3.63, 3.8) is 0 Å². The first kappa shape index (κ1) is 14.3. The lowest BCUT2D eigenvalue weighted by Crippen LogP contribution is -2.36. The summed E-state index contributed by atoms with van der Waals surface area (Å²) in [7, 11) is 0. The van der Waals surface area contributed by atoms with E-state index in [2.05, 4.69) is 0 Å². The van der Waals surface area contributed by atoms with Gasteiger partial charge in [0.25, 0.3) is 0 Å². The molecule has 0 aliphatic carbocycles. The molecule has 1 rings (SSSR count). The predicted molar refractivity (Wildman–Crippen MR) is 57.2 cm³/mol. The van der Waals surface area contributed by atoms with E-state index in [1.165, 1.54) is 31.2 Å². The van der Waals surface area contributed by atoms with Gasteiger partial charge in [0.15, 0.2) is 0 Å². The van der Waals surface area contributed by atoms with E-state index < -0.39 is 17.6 Å². The lowest BCUT2D eigenvalue weighted by Gasteiger charge is -2.24. The maximum Gasteiger partial charge on any atom is 0.150 e. The molecule has 5 heteroatoms. The summed E-state index contributed by atoms with van der Waals surface area (Å²) < 4.78 is 26.1. The largest absolute Gasteiger partial charge is 0.385 e. The maximum atomic E-state index is 13.5. The van der Waals surface area contributed by atoms with Gasteiger partial charge in [0.2, 0.25) is 0 Å². The zero-order chi connectivity index (χ0) is 10.8. The fraction of sp³-hybridized carbons (Fsp3) is 0.400. The maximum absolute atomic E-state index is 13.5. The zero-order valence-electron chi connectivity index (χ0n) is 8.28. The molecule has 2 atom stereocenters. The molecule has 0 bridgehead atoms. The molecule has 0 saturated carbocycles. The Morgan fingerprint density at radius 2 is 1.87 bits per heavy atom. The topological polar surface area (TPSA) is 46.2 Å². The molecule has 0 unspecified atom stereocenters. The summed E-state index contributed by atoms with van der Waals surface area (Å²) in [5.74, 6) is -0.422. The average molecular weight is 238 g/mol. The van der Waals surface area contributed by atoms with Crippen molar-refractivity contribution < 1.29 is 13.9 Å². The van der Waals surface area contributed by atoms with Crippen LogP contribution < -0.4 is 5.73 Å². The first-order valence-electron chi connectivity index (χ1n) is 4.30. The van der Waals surface area contributed by atoms with Crippen molar-refractivity contribution in [3.8, 4) is 0 Å². The van der Waals surface area contributed by atoms with Crippen molar-refractivity contribution in [1.29, 1.82) is 0 Å². The molecule has 0 aliphatic heterocycles. The second-order valence-corrected chi connectivity index (χ2v) is 3.44. The van der Waals surface area contributed by atoms with Crippen molar-refractivity contribution in [2.24, 2.45) is 5.73 Å². The van der Waals surface area contributed by atoms with Gasteiger partial charge in [0.1, 0.15) is 17.6 Å². The number of hydrogen-bond acceptors (Lipinski definition) is 2. The van der Waals surface area contributed by atoms with Crippen molar-refractivity contribution in [2.75, 3.05) is 6.54 Å². The van der Waals surface area contributed by atoms with Crippen LogP contribution >= 0.6 is 12.4 Å². The van der Waals surface area contributed by atoms with E-state index in [1.807, 2.05) is 0 Å². The van der Waals surface area contributed by atoms with Gasteiger partial charge in [-0.05, 0) is 24.6 Å².